The molecule has 0 atom stereocenters. The third-order valence-electron chi connectivity index (χ3n) is 2.56. The zero-order valence-electron chi connectivity index (χ0n) is 11.5. The van der Waals surface area contributed by atoms with Crippen LogP contribution < -0.4 is 4.74 Å². The van der Waals surface area contributed by atoms with E-state index in [9.17, 15) is 26.3 Å². The normalized spacial score (nSPS) is 12.5. The van der Waals surface area contributed by atoms with Gasteiger partial charge in [-0.1, -0.05) is 12.1 Å². The Hall–Kier alpha value is -2.37. The molecule has 0 aliphatic heterocycles. The average molecular weight is 370 g/mol. The minimum Gasteiger partial charge on any atom is -0.428 e. The first kappa shape index (κ1) is 18.0. The van der Waals surface area contributed by atoms with Gasteiger partial charge in [0.05, 0.1) is 6.21 Å². The molecule has 5 nitrogen and oxygen atoms in total. The highest BCUT2D eigenvalue weighted by Crippen LogP contribution is 2.27. The third-order valence-corrected chi connectivity index (χ3v) is 2.82. The van der Waals surface area contributed by atoms with Gasteiger partial charge >= 0.3 is 12.5 Å². The van der Waals surface area contributed by atoms with E-state index in [-0.39, 0.29) is 10.3 Å². The largest absolute Gasteiger partial charge is 0.461 e. The molecule has 0 saturated heterocycles. The first-order chi connectivity index (χ1) is 11.2. The van der Waals surface area contributed by atoms with Crippen molar-refractivity contribution < 1.29 is 31.1 Å². The summed E-state index contributed by atoms with van der Waals surface area (Å²) in [4.78, 5) is 0. The van der Waals surface area contributed by atoms with Crippen molar-refractivity contribution in [2.75, 3.05) is 0 Å². The molecule has 1 N–H and O–H groups in total. The lowest BCUT2D eigenvalue weighted by Gasteiger charge is -2.16. The fraction of sp³-hybridized carbons (Fsp3) is 0.250. The van der Waals surface area contributed by atoms with Gasteiger partial charge in [0.15, 0.2) is 0 Å². The summed E-state index contributed by atoms with van der Waals surface area (Å²) in [7, 11) is 0. The first-order valence-corrected chi connectivity index (χ1v) is 6.56. The number of aromatic amines is 1. The quantitative estimate of drug-likeness (QED) is 0.475. The number of halogens is 6. The molecule has 0 unspecified atom stereocenters. The van der Waals surface area contributed by atoms with Gasteiger partial charge in [0.1, 0.15) is 5.75 Å². The van der Waals surface area contributed by atoms with Crippen LogP contribution in [0.15, 0.2) is 29.4 Å². The fourth-order valence-electron chi connectivity index (χ4n) is 1.54. The lowest BCUT2D eigenvalue weighted by Crippen LogP contribution is -2.33. The molecule has 0 radical (unpaired) electrons. The van der Waals surface area contributed by atoms with Crippen LogP contribution in [-0.2, 0) is 0 Å². The van der Waals surface area contributed by atoms with E-state index < -0.39 is 30.5 Å². The van der Waals surface area contributed by atoms with E-state index in [1.807, 2.05) is 0 Å². The molecule has 24 heavy (non-hydrogen) atoms. The number of hydrogen-bond donors (Lipinski definition) is 1. The van der Waals surface area contributed by atoms with E-state index in [1.165, 1.54) is 12.1 Å². The summed E-state index contributed by atoms with van der Waals surface area (Å²) in [5, 5.41) is 9.06. The van der Waals surface area contributed by atoms with E-state index in [0.29, 0.717) is 4.68 Å². The molecule has 0 fully saturated rings. The number of nitrogens with one attached hydrogen (secondary N) is 1. The van der Waals surface area contributed by atoms with Gasteiger partial charge in [-0.05, 0) is 29.9 Å². The number of rotatable bonds is 6. The Bertz CT molecular complexity index is 788. The highest BCUT2D eigenvalue weighted by atomic mass is 32.1. The Kier molecular flexibility index (Phi) is 5.26. The van der Waals surface area contributed by atoms with Gasteiger partial charge in [-0.2, -0.15) is 32.4 Å². The molecule has 1 heterocycles. The summed E-state index contributed by atoms with van der Waals surface area (Å²) in [5.74, 6) is -1.29. The van der Waals surface area contributed by atoms with Crippen LogP contribution in [0.25, 0.3) is 0 Å². The number of aromatic nitrogens is 3. The first-order valence-electron chi connectivity index (χ1n) is 6.15. The van der Waals surface area contributed by atoms with Crippen molar-refractivity contribution in [2.45, 2.75) is 19.0 Å². The number of alkyl halides is 6. The van der Waals surface area contributed by atoms with E-state index in [0.717, 1.165) is 18.3 Å². The number of benzene rings is 1. The van der Waals surface area contributed by atoms with Crippen molar-refractivity contribution >= 4 is 18.4 Å². The molecule has 0 spiro atoms. The van der Waals surface area contributed by atoms with Crippen LogP contribution in [0.4, 0.5) is 26.3 Å². The smallest absolute Gasteiger partial charge is 0.428 e. The zero-order valence-corrected chi connectivity index (χ0v) is 12.3. The van der Waals surface area contributed by atoms with Gasteiger partial charge in [-0.15, -0.1) is 0 Å². The molecule has 130 valence electrons. The lowest BCUT2D eigenvalue weighted by atomic mass is 10.2. The standard InChI is InChI=1S/C12H8F6N4OS/c13-8(14)9-20-21-11(24)22(9)19-5-6-2-1-3-7(4-6)23-12(17,18)10(15)16/h1-5,8,10H,(H,21,24)/b19-5+. The van der Waals surface area contributed by atoms with Crippen molar-refractivity contribution in [3.63, 3.8) is 0 Å². The molecule has 0 bridgehead atoms. The molecule has 2 aromatic rings. The van der Waals surface area contributed by atoms with Gasteiger partial charge in [0, 0.05) is 0 Å². The van der Waals surface area contributed by atoms with Crippen LogP contribution in [-0.4, -0.2) is 33.6 Å². The van der Waals surface area contributed by atoms with E-state index in [2.05, 4.69) is 20.0 Å². The number of ether oxygens (including phenoxy) is 1. The molecule has 2 rings (SSSR count). The van der Waals surface area contributed by atoms with E-state index in [1.54, 1.807) is 0 Å². The van der Waals surface area contributed by atoms with Crippen LogP contribution >= 0.6 is 12.2 Å². The van der Waals surface area contributed by atoms with Crippen molar-refractivity contribution in [3.8, 4) is 5.75 Å². The second-order valence-corrected chi connectivity index (χ2v) is 4.67. The minimum absolute atomic E-state index is 0.126. The Morgan fingerprint density at radius 1 is 1.29 bits per heavy atom. The zero-order chi connectivity index (χ0) is 17.9. The van der Waals surface area contributed by atoms with Gasteiger partial charge in [0.2, 0.25) is 10.6 Å². The van der Waals surface area contributed by atoms with Crippen LogP contribution in [0.1, 0.15) is 17.8 Å². The number of H-pyrrole nitrogens is 1. The van der Waals surface area contributed by atoms with E-state index in [4.69, 9.17) is 12.2 Å². The highest BCUT2D eigenvalue weighted by Gasteiger charge is 2.43. The maximum atomic E-state index is 12.8. The van der Waals surface area contributed by atoms with Crippen molar-refractivity contribution in [1.29, 1.82) is 0 Å². The minimum atomic E-state index is -4.66. The van der Waals surface area contributed by atoms with Crippen LogP contribution in [0, 0.1) is 4.77 Å². The van der Waals surface area contributed by atoms with E-state index >= 15 is 0 Å². The van der Waals surface area contributed by atoms with Crippen LogP contribution in [0.2, 0.25) is 0 Å². The fourth-order valence-corrected chi connectivity index (χ4v) is 1.73. The number of hydrogen-bond acceptors (Lipinski definition) is 4. The van der Waals surface area contributed by atoms with Gasteiger partial charge in [-0.3, -0.25) is 0 Å². The summed E-state index contributed by atoms with van der Waals surface area (Å²) in [6.07, 6.45) is -10.6. The average Bonchev–Trinajstić information content (AvgIpc) is 2.86. The SMILES string of the molecule is FC(F)c1n[nH]c(=S)n1/N=C/c1cccc(OC(F)(F)C(F)F)c1. The highest BCUT2D eigenvalue weighted by molar-refractivity contribution is 7.71. The van der Waals surface area contributed by atoms with Crippen molar-refractivity contribution in [3.05, 3.63) is 40.4 Å². The second kappa shape index (κ2) is 7.03. The van der Waals surface area contributed by atoms with Gasteiger partial charge < -0.3 is 4.74 Å². The molecule has 0 aliphatic carbocycles. The summed E-state index contributed by atoms with van der Waals surface area (Å²) in [5.41, 5.74) is 0.126. The number of nitrogens with zero attached hydrogens (tertiary/aromatic N) is 3. The summed E-state index contributed by atoms with van der Waals surface area (Å²) < 4.78 is 79.6. The Labute approximate surface area is 135 Å². The molecule has 0 amide bonds. The second-order valence-electron chi connectivity index (χ2n) is 4.28. The molecule has 0 aliphatic rings. The third kappa shape index (κ3) is 4.13. The van der Waals surface area contributed by atoms with Crippen molar-refractivity contribution in [2.24, 2.45) is 5.10 Å². The van der Waals surface area contributed by atoms with Gasteiger partial charge in [-0.25, -0.2) is 13.9 Å². The monoisotopic (exact) mass is 370 g/mol. The Morgan fingerprint density at radius 3 is 2.62 bits per heavy atom. The van der Waals surface area contributed by atoms with Gasteiger partial charge in [0.25, 0.3) is 6.43 Å². The topological polar surface area (TPSA) is 55.2 Å². The maximum Gasteiger partial charge on any atom is 0.461 e. The predicted molar refractivity (Wildman–Crippen MR) is 73.4 cm³/mol. The van der Waals surface area contributed by atoms with Crippen LogP contribution in [0.3, 0.4) is 0 Å². The van der Waals surface area contributed by atoms with Crippen molar-refractivity contribution in [1.82, 2.24) is 14.9 Å². The van der Waals surface area contributed by atoms with Crippen LogP contribution in [0.5, 0.6) is 5.75 Å². The predicted octanol–water partition coefficient (Wildman–Crippen LogP) is 4.00. The maximum absolute atomic E-state index is 12.8. The lowest BCUT2D eigenvalue weighted by molar-refractivity contribution is -0.253. The molecule has 0 saturated carbocycles. The summed E-state index contributed by atoms with van der Waals surface area (Å²) in [6, 6.07) is 4.61. The molecule has 12 heteroatoms. The molecular formula is C12H8F6N4OS. The molecule has 1 aromatic heterocycles. The Balaban J connectivity index is 2.24. The molecular weight excluding hydrogens is 362 g/mol. The summed E-state index contributed by atoms with van der Waals surface area (Å²) >= 11 is 4.72. The molecule has 1 aromatic carbocycles. The Morgan fingerprint density at radius 2 is 2.00 bits per heavy atom. The summed E-state index contributed by atoms with van der Waals surface area (Å²) in [6.45, 7) is 0.